The molecular formula is C32H37Cl2N3O5S. The third kappa shape index (κ3) is 8.22. The molecule has 1 unspecified atom stereocenters. The summed E-state index contributed by atoms with van der Waals surface area (Å²) in [6.45, 7) is 2.95. The molecule has 0 heterocycles. The zero-order chi connectivity index (χ0) is 31.1. The van der Waals surface area contributed by atoms with Crippen molar-refractivity contribution in [3.63, 3.8) is 0 Å². The highest BCUT2D eigenvalue weighted by Crippen LogP contribution is 2.35. The van der Waals surface area contributed by atoms with Gasteiger partial charge >= 0.3 is 0 Å². The molecule has 1 aliphatic rings. The van der Waals surface area contributed by atoms with Gasteiger partial charge in [-0.1, -0.05) is 72.3 Å². The van der Waals surface area contributed by atoms with Gasteiger partial charge in [0.05, 0.1) is 17.7 Å². The minimum Gasteiger partial charge on any atom is -0.495 e. The first-order chi connectivity index (χ1) is 20.5. The molecule has 8 nitrogen and oxygen atoms in total. The Balaban J connectivity index is 1.73. The van der Waals surface area contributed by atoms with Gasteiger partial charge in [0, 0.05) is 22.6 Å². The van der Waals surface area contributed by atoms with Crippen LogP contribution in [0.1, 0.15) is 50.2 Å². The predicted octanol–water partition coefficient (Wildman–Crippen LogP) is 6.37. The van der Waals surface area contributed by atoms with E-state index in [1.807, 2.05) is 6.92 Å². The Bertz CT molecular complexity index is 1540. The van der Waals surface area contributed by atoms with Gasteiger partial charge in [-0.3, -0.25) is 13.9 Å². The average molecular weight is 647 g/mol. The lowest BCUT2D eigenvalue weighted by atomic mass is 9.95. The zero-order valence-electron chi connectivity index (χ0n) is 24.6. The van der Waals surface area contributed by atoms with E-state index in [0.29, 0.717) is 10.6 Å². The number of methoxy groups -OCH3 is 1. The van der Waals surface area contributed by atoms with Crippen LogP contribution in [0.2, 0.25) is 10.0 Å². The number of sulfonamides is 1. The maximum atomic E-state index is 14.2. The quantitative estimate of drug-likeness (QED) is 0.261. The van der Waals surface area contributed by atoms with Crippen LogP contribution in [0.15, 0.2) is 71.6 Å². The highest BCUT2D eigenvalue weighted by atomic mass is 35.5. The van der Waals surface area contributed by atoms with E-state index in [4.69, 9.17) is 27.9 Å². The van der Waals surface area contributed by atoms with E-state index in [-0.39, 0.29) is 39.8 Å². The van der Waals surface area contributed by atoms with Gasteiger partial charge in [0.15, 0.2) is 0 Å². The lowest BCUT2D eigenvalue weighted by Crippen LogP contribution is -2.53. The van der Waals surface area contributed by atoms with Crippen molar-refractivity contribution in [1.82, 2.24) is 10.2 Å². The molecule has 3 aromatic rings. The molecule has 0 spiro atoms. The van der Waals surface area contributed by atoms with Gasteiger partial charge in [0.25, 0.3) is 10.0 Å². The topological polar surface area (TPSA) is 96.0 Å². The van der Waals surface area contributed by atoms with Gasteiger partial charge in [0.1, 0.15) is 18.3 Å². The van der Waals surface area contributed by atoms with Gasteiger partial charge in [-0.2, -0.15) is 0 Å². The van der Waals surface area contributed by atoms with E-state index < -0.39 is 28.5 Å². The van der Waals surface area contributed by atoms with Gasteiger partial charge in [-0.15, -0.1) is 0 Å². The monoisotopic (exact) mass is 645 g/mol. The lowest BCUT2D eigenvalue weighted by molar-refractivity contribution is -0.139. The van der Waals surface area contributed by atoms with Crippen LogP contribution in [0, 0.1) is 6.92 Å². The van der Waals surface area contributed by atoms with Crippen LogP contribution in [0.3, 0.4) is 0 Å². The number of carbonyl (C=O) groups excluding carboxylic acids is 2. The molecule has 0 bridgehead atoms. The Kier molecular flexibility index (Phi) is 11.0. The average Bonchev–Trinajstić information content (AvgIpc) is 2.99. The molecule has 3 aromatic carbocycles. The first kappa shape index (κ1) is 32.6. The number of aryl methyl sites for hydroxylation is 1. The Hall–Kier alpha value is -3.27. The molecule has 230 valence electrons. The van der Waals surface area contributed by atoms with E-state index in [0.717, 1.165) is 42.0 Å². The summed E-state index contributed by atoms with van der Waals surface area (Å²) in [5.74, 6) is -0.656. The van der Waals surface area contributed by atoms with Crippen molar-refractivity contribution >= 4 is 50.7 Å². The second-order valence-corrected chi connectivity index (χ2v) is 13.5. The van der Waals surface area contributed by atoms with Crippen molar-refractivity contribution in [2.45, 2.75) is 69.5 Å². The van der Waals surface area contributed by atoms with Crippen molar-refractivity contribution in [2.24, 2.45) is 0 Å². The minimum absolute atomic E-state index is 0.00240. The fourth-order valence-electron chi connectivity index (χ4n) is 5.19. The van der Waals surface area contributed by atoms with E-state index in [1.165, 1.54) is 30.2 Å². The fraction of sp³-hybridized carbons (Fsp3) is 0.375. The van der Waals surface area contributed by atoms with E-state index in [1.54, 1.807) is 55.5 Å². The summed E-state index contributed by atoms with van der Waals surface area (Å²) >= 11 is 12.5. The zero-order valence-corrected chi connectivity index (χ0v) is 26.9. The lowest BCUT2D eigenvalue weighted by Gasteiger charge is -2.33. The van der Waals surface area contributed by atoms with E-state index in [2.05, 4.69) is 5.32 Å². The molecule has 1 N–H and O–H groups in total. The number of nitrogens with zero attached hydrogens (tertiary/aromatic N) is 2. The molecule has 11 heteroatoms. The third-order valence-corrected chi connectivity index (χ3v) is 9.90. The summed E-state index contributed by atoms with van der Waals surface area (Å²) in [7, 11) is -2.86. The summed E-state index contributed by atoms with van der Waals surface area (Å²) in [4.78, 5) is 29.1. The smallest absolute Gasteiger partial charge is 0.264 e. The summed E-state index contributed by atoms with van der Waals surface area (Å²) < 4.78 is 34.7. The maximum absolute atomic E-state index is 14.2. The number of amides is 2. The summed E-state index contributed by atoms with van der Waals surface area (Å²) in [6, 6.07) is 17.1. The number of ether oxygens (including phenoxy) is 1. The molecule has 43 heavy (non-hydrogen) atoms. The molecule has 1 fully saturated rings. The number of nitrogens with one attached hydrogen (secondary N) is 1. The highest BCUT2D eigenvalue weighted by molar-refractivity contribution is 7.92. The Morgan fingerprint density at radius 2 is 1.65 bits per heavy atom. The van der Waals surface area contributed by atoms with Crippen LogP contribution >= 0.6 is 23.2 Å². The predicted molar refractivity (Wildman–Crippen MR) is 170 cm³/mol. The second-order valence-electron chi connectivity index (χ2n) is 10.8. The Morgan fingerprint density at radius 3 is 2.30 bits per heavy atom. The number of anilines is 1. The number of halogens is 2. The van der Waals surface area contributed by atoms with Gasteiger partial charge in [-0.25, -0.2) is 8.42 Å². The Labute approximate surface area is 264 Å². The van der Waals surface area contributed by atoms with Crippen molar-refractivity contribution < 1.29 is 22.7 Å². The van der Waals surface area contributed by atoms with Crippen LogP contribution in [-0.4, -0.2) is 50.9 Å². The fourth-order valence-corrected chi connectivity index (χ4v) is 6.99. The van der Waals surface area contributed by atoms with Crippen molar-refractivity contribution in [2.75, 3.05) is 18.0 Å². The molecular weight excluding hydrogens is 609 g/mol. The van der Waals surface area contributed by atoms with E-state index in [9.17, 15) is 18.0 Å². The van der Waals surface area contributed by atoms with Crippen LogP contribution in [0.25, 0.3) is 0 Å². The molecule has 0 aromatic heterocycles. The number of carbonyl (C=O) groups is 2. The number of benzene rings is 3. The standard InChI is InChI=1S/C32H37Cl2N3O5S/c1-22-12-15-28(16-13-22)43(40,41)37(29-19-26(34)14-17-30(29)42-3)21-31(38)36(20-24-8-7-9-25(33)18-24)23(2)32(39)35-27-10-5-4-6-11-27/h7-9,12-19,23,27H,4-6,10-11,20-21H2,1-3H3,(H,35,39). The first-order valence-electron chi connectivity index (χ1n) is 14.3. The van der Waals surface area contributed by atoms with Gasteiger partial charge in [0.2, 0.25) is 11.8 Å². The summed E-state index contributed by atoms with van der Waals surface area (Å²) in [5, 5.41) is 3.84. The van der Waals surface area contributed by atoms with E-state index >= 15 is 0 Å². The molecule has 1 atom stereocenters. The number of hydrogen-bond acceptors (Lipinski definition) is 5. The number of hydrogen-bond donors (Lipinski definition) is 1. The maximum Gasteiger partial charge on any atom is 0.264 e. The van der Waals surface area contributed by atoms with Gasteiger partial charge < -0.3 is 15.0 Å². The van der Waals surface area contributed by atoms with Crippen LogP contribution in [0.5, 0.6) is 5.75 Å². The van der Waals surface area contributed by atoms with Crippen molar-refractivity contribution in [3.05, 3.63) is 87.9 Å². The summed E-state index contributed by atoms with van der Waals surface area (Å²) in [6.07, 6.45) is 4.99. The molecule has 4 rings (SSSR count). The molecule has 1 aliphatic carbocycles. The largest absolute Gasteiger partial charge is 0.495 e. The van der Waals surface area contributed by atoms with Crippen LogP contribution in [-0.2, 0) is 26.2 Å². The third-order valence-electron chi connectivity index (χ3n) is 7.66. The minimum atomic E-state index is -4.27. The van der Waals surface area contributed by atoms with Gasteiger partial charge in [-0.05, 0) is 74.7 Å². The highest BCUT2D eigenvalue weighted by Gasteiger charge is 2.34. The van der Waals surface area contributed by atoms with Crippen molar-refractivity contribution in [1.29, 1.82) is 0 Å². The molecule has 0 saturated heterocycles. The first-order valence-corrected chi connectivity index (χ1v) is 16.5. The second kappa shape index (κ2) is 14.5. The molecule has 1 saturated carbocycles. The summed E-state index contributed by atoms with van der Waals surface area (Å²) in [5.41, 5.74) is 1.68. The SMILES string of the molecule is COc1ccc(Cl)cc1N(CC(=O)N(Cc1cccc(Cl)c1)C(C)C(=O)NC1CCCCC1)S(=O)(=O)c1ccc(C)cc1. The van der Waals surface area contributed by atoms with Crippen molar-refractivity contribution in [3.8, 4) is 5.75 Å². The number of rotatable bonds is 11. The Morgan fingerprint density at radius 1 is 0.977 bits per heavy atom. The normalized spacial score (nSPS) is 14.5. The molecule has 0 radical (unpaired) electrons. The molecule has 2 amide bonds. The van der Waals surface area contributed by atoms with Crippen LogP contribution < -0.4 is 14.4 Å². The van der Waals surface area contributed by atoms with Crippen LogP contribution in [0.4, 0.5) is 5.69 Å². The molecule has 0 aliphatic heterocycles.